The average Bonchev–Trinajstić information content (AvgIpc) is 2.49. The predicted octanol–water partition coefficient (Wildman–Crippen LogP) is 4.93. The lowest BCUT2D eigenvalue weighted by Gasteiger charge is -2.22. The molecule has 0 aromatic heterocycles. The molecule has 106 valence electrons. The lowest BCUT2D eigenvalue weighted by molar-refractivity contribution is 0.345. The molecule has 0 amide bonds. The summed E-state index contributed by atoms with van der Waals surface area (Å²) in [5.41, 5.74) is 1.13. The lowest BCUT2D eigenvalue weighted by Crippen LogP contribution is -2.12. The fourth-order valence-corrected chi connectivity index (χ4v) is 3.33. The van der Waals surface area contributed by atoms with Gasteiger partial charge in [0.2, 0.25) is 0 Å². The van der Waals surface area contributed by atoms with Gasteiger partial charge in [0.25, 0.3) is 0 Å². The second kappa shape index (κ2) is 6.17. The molecule has 1 aliphatic rings. The van der Waals surface area contributed by atoms with Crippen LogP contribution in [0.25, 0.3) is 10.8 Å². The summed E-state index contributed by atoms with van der Waals surface area (Å²) >= 11 is 0. The summed E-state index contributed by atoms with van der Waals surface area (Å²) in [6.07, 6.45) is 8.30. The molecule has 2 heteroatoms. The van der Waals surface area contributed by atoms with E-state index in [4.69, 9.17) is 0 Å². The number of hydrogen-bond acceptors (Lipinski definition) is 2. The minimum Gasteiger partial charge on any atom is -0.507 e. The van der Waals surface area contributed by atoms with E-state index in [9.17, 15) is 5.11 Å². The minimum absolute atomic E-state index is 0.360. The van der Waals surface area contributed by atoms with Crippen LogP contribution in [-0.4, -0.2) is 11.7 Å². The zero-order chi connectivity index (χ0) is 13.8. The minimum atomic E-state index is 0.360. The number of phenols is 1. The molecule has 0 spiro atoms. The van der Waals surface area contributed by atoms with Crippen LogP contribution in [0.2, 0.25) is 0 Å². The summed E-state index contributed by atoms with van der Waals surface area (Å²) in [5.74, 6) is 1.26. The first-order valence-corrected chi connectivity index (χ1v) is 7.79. The summed E-state index contributed by atoms with van der Waals surface area (Å²) in [6.45, 7) is 1.03. The Morgan fingerprint density at radius 3 is 2.55 bits per heavy atom. The van der Waals surface area contributed by atoms with Crippen molar-refractivity contribution in [3.05, 3.63) is 36.4 Å². The zero-order valence-electron chi connectivity index (χ0n) is 11.9. The Kier molecular flexibility index (Phi) is 4.10. The number of rotatable bonds is 4. The Balaban J connectivity index is 1.66. The standard InChI is InChI=1S/C18H23NO/c20-18-11-5-8-15-16(18)9-4-10-17(15)19-13-12-14-6-2-1-3-7-14/h4-5,8-11,14,19-20H,1-3,6-7,12-13H2. The van der Waals surface area contributed by atoms with Gasteiger partial charge in [0.1, 0.15) is 5.75 Å². The summed E-state index contributed by atoms with van der Waals surface area (Å²) < 4.78 is 0. The Bertz CT molecular complexity index is 573. The van der Waals surface area contributed by atoms with Crippen LogP contribution < -0.4 is 5.32 Å². The smallest absolute Gasteiger partial charge is 0.123 e. The van der Waals surface area contributed by atoms with Crippen LogP contribution in [0.5, 0.6) is 5.75 Å². The van der Waals surface area contributed by atoms with Crippen molar-refractivity contribution in [1.29, 1.82) is 0 Å². The number of benzene rings is 2. The molecule has 3 rings (SSSR count). The topological polar surface area (TPSA) is 32.3 Å². The molecule has 0 aliphatic heterocycles. The second-order valence-electron chi connectivity index (χ2n) is 5.90. The van der Waals surface area contributed by atoms with Gasteiger partial charge in [-0.1, -0.05) is 56.4 Å². The number of nitrogens with one attached hydrogen (secondary N) is 1. The van der Waals surface area contributed by atoms with Gasteiger partial charge < -0.3 is 10.4 Å². The highest BCUT2D eigenvalue weighted by Crippen LogP contribution is 2.30. The normalized spacial score (nSPS) is 16.4. The van der Waals surface area contributed by atoms with Crippen molar-refractivity contribution in [2.75, 3.05) is 11.9 Å². The van der Waals surface area contributed by atoms with Crippen LogP contribution in [0.3, 0.4) is 0 Å². The average molecular weight is 269 g/mol. The lowest BCUT2D eigenvalue weighted by atomic mass is 9.87. The largest absolute Gasteiger partial charge is 0.507 e. The zero-order valence-corrected chi connectivity index (χ0v) is 11.9. The van der Waals surface area contributed by atoms with Gasteiger partial charge in [-0.2, -0.15) is 0 Å². The van der Waals surface area contributed by atoms with Crippen molar-refractivity contribution in [2.45, 2.75) is 38.5 Å². The van der Waals surface area contributed by atoms with Crippen molar-refractivity contribution in [2.24, 2.45) is 5.92 Å². The SMILES string of the molecule is Oc1cccc2c(NCCC3CCCCC3)cccc12. The molecule has 0 bridgehead atoms. The Labute approximate surface area is 120 Å². The van der Waals surface area contributed by atoms with Gasteiger partial charge in [0.05, 0.1) is 0 Å². The van der Waals surface area contributed by atoms with Crippen LogP contribution in [-0.2, 0) is 0 Å². The van der Waals surface area contributed by atoms with E-state index in [2.05, 4.69) is 17.4 Å². The molecule has 0 heterocycles. The third-order valence-electron chi connectivity index (χ3n) is 4.49. The number of anilines is 1. The molecule has 0 radical (unpaired) electrons. The summed E-state index contributed by atoms with van der Waals surface area (Å²) in [5, 5.41) is 15.5. The summed E-state index contributed by atoms with van der Waals surface area (Å²) in [7, 11) is 0. The first-order chi connectivity index (χ1) is 9.84. The van der Waals surface area contributed by atoms with E-state index in [1.54, 1.807) is 6.07 Å². The fraction of sp³-hybridized carbons (Fsp3) is 0.444. The molecule has 2 aromatic rings. The quantitative estimate of drug-likeness (QED) is 0.825. The maximum absolute atomic E-state index is 9.90. The maximum Gasteiger partial charge on any atom is 0.123 e. The van der Waals surface area contributed by atoms with Gasteiger partial charge in [-0.25, -0.2) is 0 Å². The van der Waals surface area contributed by atoms with Crippen LogP contribution >= 0.6 is 0 Å². The van der Waals surface area contributed by atoms with Crippen molar-refractivity contribution in [3.8, 4) is 5.75 Å². The molecular formula is C18H23NO. The Morgan fingerprint density at radius 1 is 0.950 bits per heavy atom. The van der Waals surface area contributed by atoms with Gasteiger partial charge in [0.15, 0.2) is 0 Å². The van der Waals surface area contributed by atoms with Gasteiger partial charge in [-0.15, -0.1) is 0 Å². The molecule has 1 saturated carbocycles. The molecule has 2 nitrogen and oxygen atoms in total. The van der Waals surface area contributed by atoms with Crippen molar-refractivity contribution >= 4 is 16.5 Å². The number of fused-ring (bicyclic) bond motifs is 1. The molecule has 0 unspecified atom stereocenters. The highest BCUT2D eigenvalue weighted by molar-refractivity contribution is 5.97. The number of hydrogen-bond donors (Lipinski definition) is 2. The number of phenolic OH excluding ortho intramolecular Hbond substituents is 1. The molecule has 1 aliphatic carbocycles. The van der Waals surface area contributed by atoms with Crippen LogP contribution in [0, 0.1) is 5.92 Å². The van der Waals surface area contributed by atoms with Crippen molar-refractivity contribution in [3.63, 3.8) is 0 Å². The van der Waals surface area contributed by atoms with E-state index in [0.717, 1.165) is 28.9 Å². The van der Waals surface area contributed by atoms with Crippen molar-refractivity contribution < 1.29 is 5.11 Å². The van der Waals surface area contributed by atoms with Gasteiger partial charge in [-0.05, 0) is 24.5 Å². The third kappa shape index (κ3) is 2.90. The van der Waals surface area contributed by atoms with E-state index in [-0.39, 0.29) is 0 Å². The first kappa shape index (κ1) is 13.3. The van der Waals surface area contributed by atoms with E-state index in [1.165, 1.54) is 38.5 Å². The van der Waals surface area contributed by atoms with E-state index in [0.29, 0.717) is 5.75 Å². The van der Waals surface area contributed by atoms with Crippen LogP contribution in [0.4, 0.5) is 5.69 Å². The van der Waals surface area contributed by atoms with Gasteiger partial charge >= 0.3 is 0 Å². The second-order valence-corrected chi connectivity index (χ2v) is 5.90. The predicted molar refractivity (Wildman–Crippen MR) is 85.3 cm³/mol. The monoisotopic (exact) mass is 269 g/mol. The Hall–Kier alpha value is -1.70. The highest BCUT2D eigenvalue weighted by Gasteiger charge is 2.12. The summed E-state index contributed by atoms with van der Waals surface area (Å²) in [6, 6.07) is 11.8. The molecule has 0 atom stereocenters. The van der Waals surface area contributed by atoms with Gasteiger partial charge in [-0.3, -0.25) is 0 Å². The molecule has 2 N–H and O–H groups in total. The maximum atomic E-state index is 9.90. The van der Waals surface area contributed by atoms with E-state index < -0.39 is 0 Å². The van der Waals surface area contributed by atoms with Gasteiger partial charge in [0, 0.05) is 23.0 Å². The summed E-state index contributed by atoms with van der Waals surface area (Å²) in [4.78, 5) is 0. The molecular weight excluding hydrogens is 246 g/mol. The molecule has 1 fully saturated rings. The molecule has 20 heavy (non-hydrogen) atoms. The van der Waals surface area contributed by atoms with E-state index >= 15 is 0 Å². The highest BCUT2D eigenvalue weighted by atomic mass is 16.3. The first-order valence-electron chi connectivity index (χ1n) is 7.79. The fourth-order valence-electron chi connectivity index (χ4n) is 3.33. The van der Waals surface area contributed by atoms with Crippen molar-refractivity contribution in [1.82, 2.24) is 0 Å². The van der Waals surface area contributed by atoms with E-state index in [1.807, 2.05) is 18.2 Å². The number of aromatic hydroxyl groups is 1. The van der Waals surface area contributed by atoms with Crippen LogP contribution in [0.15, 0.2) is 36.4 Å². The molecule has 2 aromatic carbocycles. The van der Waals surface area contributed by atoms with Crippen LogP contribution in [0.1, 0.15) is 38.5 Å². The molecule has 0 saturated heterocycles. The third-order valence-corrected chi connectivity index (χ3v) is 4.49. The Morgan fingerprint density at radius 2 is 1.70 bits per heavy atom.